The molecule has 3 rings (SSSR count). The van der Waals surface area contributed by atoms with Crippen molar-refractivity contribution in [3.05, 3.63) is 71.8 Å². The van der Waals surface area contributed by atoms with E-state index in [0.29, 0.717) is 38.5 Å². The summed E-state index contributed by atoms with van der Waals surface area (Å²) in [7, 11) is 0. The zero-order valence-electron chi connectivity index (χ0n) is 18.3. The Kier molecular flexibility index (Phi) is 8.83. The van der Waals surface area contributed by atoms with E-state index in [1.165, 1.54) is 22.3 Å². The largest absolute Gasteiger partial charge is 0.460 e. The van der Waals surface area contributed by atoms with E-state index in [2.05, 4.69) is 36.2 Å². The molecule has 2 aromatic carbocycles. The van der Waals surface area contributed by atoms with Crippen LogP contribution >= 0.6 is 0 Å². The maximum absolute atomic E-state index is 12.1. The van der Waals surface area contributed by atoms with E-state index >= 15 is 0 Å². The molecule has 0 radical (unpaired) electrons. The standard InChI is InChI=1S/C25H29NO6/c1-18(2)24(27)31-16-15-30-14-13-29-12-11-26-25(28)32-17-23-21-9-5-3-7-19(21)20-8-4-6-10-22(20)23/h3-10,23H,1,11-17H2,2H3,(H,26,28). The van der Waals surface area contributed by atoms with E-state index in [1.54, 1.807) is 6.92 Å². The molecule has 0 aliphatic heterocycles. The van der Waals surface area contributed by atoms with Crippen LogP contribution in [0.25, 0.3) is 11.1 Å². The third-order valence-corrected chi connectivity index (χ3v) is 5.04. The van der Waals surface area contributed by atoms with Crippen molar-refractivity contribution in [2.24, 2.45) is 0 Å². The molecule has 2 aromatic rings. The summed E-state index contributed by atoms with van der Waals surface area (Å²) in [5.74, 6) is -0.389. The predicted molar refractivity (Wildman–Crippen MR) is 120 cm³/mol. The normalized spacial score (nSPS) is 12.0. The molecule has 1 amide bonds. The molecule has 1 aliphatic rings. The van der Waals surface area contributed by atoms with Crippen molar-refractivity contribution in [1.29, 1.82) is 0 Å². The van der Waals surface area contributed by atoms with Gasteiger partial charge in [-0.05, 0) is 29.2 Å². The number of benzene rings is 2. The van der Waals surface area contributed by atoms with Crippen LogP contribution in [0.3, 0.4) is 0 Å². The Morgan fingerprint density at radius 3 is 2.03 bits per heavy atom. The summed E-state index contributed by atoms with van der Waals surface area (Å²) in [6.45, 7) is 7.27. The minimum Gasteiger partial charge on any atom is -0.460 e. The van der Waals surface area contributed by atoms with Crippen LogP contribution in [0.5, 0.6) is 0 Å². The third kappa shape index (κ3) is 6.42. The minimum absolute atomic E-state index is 0.0382. The fourth-order valence-corrected chi connectivity index (χ4v) is 3.51. The van der Waals surface area contributed by atoms with Crippen molar-refractivity contribution in [2.45, 2.75) is 12.8 Å². The van der Waals surface area contributed by atoms with Gasteiger partial charge in [0.25, 0.3) is 0 Å². The zero-order chi connectivity index (χ0) is 22.8. The molecule has 0 aromatic heterocycles. The summed E-state index contributed by atoms with van der Waals surface area (Å²) in [4.78, 5) is 23.3. The molecule has 0 unspecified atom stereocenters. The van der Waals surface area contributed by atoms with Gasteiger partial charge in [0, 0.05) is 18.0 Å². The summed E-state index contributed by atoms with van der Waals surface area (Å²) >= 11 is 0. The van der Waals surface area contributed by atoms with Gasteiger partial charge < -0.3 is 24.3 Å². The van der Waals surface area contributed by atoms with Crippen LogP contribution < -0.4 is 5.32 Å². The lowest BCUT2D eigenvalue weighted by molar-refractivity contribution is -0.140. The van der Waals surface area contributed by atoms with Crippen molar-refractivity contribution < 1.29 is 28.5 Å². The number of carbonyl (C=O) groups excluding carboxylic acids is 2. The number of carbonyl (C=O) groups is 2. The maximum Gasteiger partial charge on any atom is 0.407 e. The lowest BCUT2D eigenvalue weighted by atomic mass is 9.98. The van der Waals surface area contributed by atoms with Gasteiger partial charge in [-0.15, -0.1) is 0 Å². The van der Waals surface area contributed by atoms with Gasteiger partial charge in [0.2, 0.25) is 0 Å². The molecule has 1 aliphatic carbocycles. The average molecular weight is 440 g/mol. The summed E-state index contributed by atoms with van der Waals surface area (Å²) in [6.07, 6.45) is -0.467. The molecule has 0 fully saturated rings. The zero-order valence-corrected chi connectivity index (χ0v) is 18.3. The number of rotatable bonds is 12. The Balaban J connectivity index is 1.27. The second-order valence-electron chi connectivity index (χ2n) is 7.39. The number of fused-ring (bicyclic) bond motifs is 3. The van der Waals surface area contributed by atoms with Gasteiger partial charge in [-0.3, -0.25) is 0 Å². The number of esters is 1. The van der Waals surface area contributed by atoms with Crippen LogP contribution in [0.4, 0.5) is 4.79 Å². The van der Waals surface area contributed by atoms with E-state index in [9.17, 15) is 9.59 Å². The summed E-state index contributed by atoms with van der Waals surface area (Å²) in [6, 6.07) is 16.4. The van der Waals surface area contributed by atoms with Crippen molar-refractivity contribution in [1.82, 2.24) is 5.32 Å². The van der Waals surface area contributed by atoms with E-state index < -0.39 is 12.1 Å². The summed E-state index contributed by atoms with van der Waals surface area (Å²) in [5.41, 5.74) is 5.11. The Bertz CT molecular complexity index is 896. The van der Waals surface area contributed by atoms with E-state index in [-0.39, 0.29) is 19.1 Å². The highest BCUT2D eigenvalue weighted by molar-refractivity contribution is 5.86. The van der Waals surface area contributed by atoms with E-state index in [4.69, 9.17) is 18.9 Å². The topological polar surface area (TPSA) is 83.1 Å². The highest BCUT2D eigenvalue weighted by Crippen LogP contribution is 2.44. The first kappa shape index (κ1) is 23.5. The Morgan fingerprint density at radius 2 is 1.41 bits per heavy atom. The van der Waals surface area contributed by atoms with E-state index in [0.717, 1.165) is 0 Å². The van der Waals surface area contributed by atoms with Crippen molar-refractivity contribution >= 4 is 12.1 Å². The second kappa shape index (κ2) is 12.0. The molecule has 32 heavy (non-hydrogen) atoms. The molecule has 1 N–H and O–H groups in total. The van der Waals surface area contributed by atoms with Crippen LogP contribution in [0.1, 0.15) is 24.0 Å². The molecule has 170 valence electrons. The number of hydrogen-bond acceptors (Lipinski definition) is 6. The van der Waals surface area contributed by atoms with Gasteiger partial charge >= 0.3 is 12.1 Å². The van der Waals surface area contributed by atoms with Gasteiger partial charge in [0.05, 0.1) is 26.4 Å². The monoisotopic (exact) mass is 439 g/mol. The summed E-state index contributed by atoms with van der Waals surface area (Å²) < 4.78 is 21.1. The Labute approximate surface area is 188 Å². The van der Waals surface area contributed by atoms with Crippen LogP contribution in [-0.4, -0.2) is 58.2 Å². The minimum atomic E-state index is -0.467. The van der Waals surface area contributed by atoms with Crippen molar-refractivity contribution in [3.8, 4) is 11.1 Å². The van der Waals surface area contributed by atoms with Crippen LogP contribution in [0, 0.1) is 0 Å². The van der Waals surface area contributed by atoms with Gasteiger partial charge in [-0.25, -0.2) is 9.59 Å². The Morgan fingerprint density at radius 1 is 0.844 bits per heavy atom. The fourth-order valence-electron chi connectivity index (χ4n) is 3.51. The van der Waals surface area contributed by atoms with Crippen LogP contribution in [-0.2, 0) is 23.7 Å². The molecule has 7 heteroatoms. The highest BCUT2D eigenvalue weighted by Gasteiger charge is 2.28. The number of nitrogens with one attached hydrogen (secondary N) is 1. The molecular formula is C25H29NO6. The number of hydrogen-bond donors (Lipinski definition) is 1. The smallest absolute Gasteiger partial charge is 0.407 e. The SMILES string of the molecule is C=C(C)C(=O)OCCOCCOCCNC(=O)OCC1c2ccccc2-c2ccccc21. The van der Waals surface area contributed by atoms with E-state index in [1.807, 2.05) is 24.3 Å². The van der Waals surface area contributed by atoms with Gasteiger partial charge in [-0.1, -0.05) is 55.1 Å². The second-order valence-corrected chi connectivity index (χ2v) is 7.39. The molecule has 7 nitrogen and oxygen atoms in total. The molecule has 0 bridgehead atoms. The van der Waals surface area contributed by atoms with Crippen LogP contribution in [0.15, 0.2) is 60.7 Å². The number of alkyl carbamates (subject to hydrolysis) is 1. The summed E-state index contributed by atoms with van der Waals surface area (Å²) in [5, 5.41) is 2.70. The lowest BCUT2D eigenvalue weighted by Crippen LogP contribution is -2.29. The number of ether oxygens (including phenoxy) is 4. The number of amides is 1. The van der Waals surface area contributed by atoms with Gasteiger partial charge in [0.15, 0.2) is 0 Å². The molecule has 0 saturated heterocycles. The first-order valence-corrected chi connectivity index (χ1v) is 10.6. The predicted octanol–water partition coefficient (Wildman–Crippen LogP) is 3.68. The molecular weight excluding hydrogens is 410 g/mol. The van der Waals surface area contributed by atoms with Gasteiger partial charge in [0.1, 0.15) is 13.2 Å². The highest BCUT2D eigenvalue weighted by atomic mass is 16.6. The first-order valence-electron chi connectivity index (χ1n) is 10.6. The molecule has 0 heterocycles. The lowest BCUT2D eigenvalue weighted by Gasteiger charge is -2.14. The Hall–Kier alpha value is -3.16. The molecule has 0 atom stereocenters. The van der Waals surface area contributed by atoms with Crippen molar-refractivity contribution in [2.75, 3.05) is 46.2 Å². The third-order valence-electron chi connectivity index (χ3n) is 5.04. The van der Waals surface area contributed by atoms with Crippen molar-refractivity contribution in [3.63, 3.8) is 0 Å². The maximum atomic E-state index is 12.1. The fraction of sp³-hybridized carbons (Fsp3) is 0.360. The van der Waals surface area contributed by atoms with Crippen LogP contribution in [0.2, 0.25) is 0 Å². The quantitative estimate of drug-likeness (QED) is 0.309. The first-order chi connectivity index (χ1) is 15.6. The molecule has 0 saturated carbocycles. The van der Waals surface area contributed by atoms with Gasteiger partial charge in [-0.2, -0.15) is 0 Å². The average Bonchev–Trinajstić information content (AvgIpc) is 3.12. The molecule has 0 spiro atoms.